The fourth-order valence-corrected chi connectivity index (χ4v) is 3.95. The molecule has 160 valence electrons. The first-order valence-electron chi connectivity index (χ1n) is 9.87. The molecule has 1 unspecified atom stereocenters. The van der Waals surface area contributed by atoms with Gasteiger partial charge in [0.15, 0.2) is 0 Å². The molecule has 0 bridgehead atoms. The first-order valence-corrected chi connectivity index (χ1v) is 9.87. The second-order valence-corrected chi connectivity index (χ2v) is 7.87. The van der Waals surface area contributed by atoms with Crippen molar-refractivity contribution in [3.05, 3.63) is 65.2 Å². The van der Waals surface area contributed by atoms with Crippen LogP contribution in [0.15, 0.2) is 48.5 Å². The lowest BCUT2D eigenvalue weighted by atomic mass is 9.91. The van der Waals surface area contributed by atoms with E-state index in [1.54, 1.807) is 24.3 Å². The standard InChI is InChI=1S/C23H27N3O3.ClH/c1-25(21-9-7-20(8-10-21)22(27)28)16-23(29)12-2-13-26(17-23)14-11-18-3-5-19(15-24)6-4-18;/h3-10,29H,2,11-14,16-17H2,1H3,(H,27,28);1H. The maximum Gasteiger partial charge on any atom is 0.335 e. The second kappa shape index (κ2) is 10.4. The maximum atomic E-state index is 11.2. The van der Waals surface area contributed by atoms with Crippen LogP contribution in [-0.4, -0.2) is 59.9 Å². The van der Waals surface area contributed by atoms with Crippen molar-refractivity contribution in [1.82, 2.24) is 4.90 Å². The van der Waals surface area contributed by atoms with Gasteiger partial charge in [-0.2, -0.15) is 5.26 Å². The highest BCUT2D eigenvalue weighted by atomic mass is 35.5. The average Bonchev–Trinajstić information content (AvgIpc) is 2.72. The van der Waals surface area contributed by atoms with Gasteiger partial charge in [-0.05, 0) is 67.8 Å². The number of β-amino-alcohol motifs (C(OH)–C–C–N with tert-alkyl or cyclic N) is 1. The van der Waals surface area contributed by atoms with Crippen LogP contribution in [0, 0.1) is 11.3 Å². The zero-order valence-corrected chi connectivity index (χ0v) is 17.9. The number of carboxylic acids is 1. The Morgan fingerprint density at radius 2 is 1.87 bits per heavy atom. The van der Waals surface area contributed by atoms with Crippen LogP contribution in [0.1, 0.15) is 34.3 Å². The van der Waals surface area contributed by atoms with Crippen molar-refractivity contribution in [2.24, 2.45) is 0 Å². The van der Waals surface area contributed by atoms with E-state index in [2.05, 4.69) is 11.0 Å². The Morgan fingerprint density at radius 3 is 2.47 bits per heavy atom. The number of likely N-dealkylation sites (tertiary alicyclic amines) is 1. The Hall–Kier alpha value is -2.59. The predicted octanol–water partition coefficient (Wildman–Crippen LogP) is 3.18. The van der Waals surface area contributed by atoms with Crippen LogP contribution in [0.3, 0.4) is 0 Å². The third-order valence-corrected chi connectivity index (χ3v) is 5.52. The molecule has 0 saturated carbocycles. The number of benzene rings is 2. The number of likely N-dealkylation sites (N-methyl/N-ethyl adjacent to an activating group) is 1. The first-order chi connectivity index (χ1) is 13.9. The molecule has 1 saturated heterocycles. The van der Waals surface area contributed by atoms with Crippen LogP contribution in [0.5, 0.6) is 0 Å². The molecule has 2 N–H and O–H groups in total. The molecule has 0 amide bonds. The predicted molar refractivity (Wildman–Crippen MR) is 119 cm³/mol. The minimum absolute atomic E-state index is 0. The summed E-state index contributed by atoms with van der Waals surface area (Å²) in [6.45, 7) is 2.94. The van der Waals surface area contributed by atoms with Crippen molar-refractivity contribution < 1.29 is 15.0 Å². The monoisotopic (exact) mass is 429 g/mol. The normalized spacial score (nSPS) is 18.8. The van der Waals surface area contributed by atoms with E-state index in [1.807, 2.05) is 36.2 Å². The summed E-state index contributed by atoms with van der Waals surface area (Å²) in [5.74, 6) is -0.942. The Kier molecular flexibility index (Phi) is 8.24. The third kappa shape index (κ3) is 6.20. The summed E-state index contributed by atoms with van der Waals surface area (Å²) in [5.41, 5.74) is 2.20. The van der Waals surface area contributed by atoms with Crippen molar-refractivity contribution in [2.75, 3.05) is 38.1 Å². The zero-order valence-electron chi connectivity index (χ0n) is 17.1. The maximum absolute atomic E-state index is 11.2. The number of hydrogen-bond donors (Lipinski definition) is 2. The lowest BCUT2D eigenvalue weighted by molar-refractivity contribution is -0.0234. The van der Waals surface area contributed by atoms with E-state index in [1.165, 1.54) is 5.56 Å². The smallest absolute Gasteiger partial charge is 0.335 e. The van der Waals surface area contributed by atoms with Gasteiger partial charge in [-0.25, -0.2) is 4.79 Å². The molecule has 1 heterocycles. The number of anilines is 1. The number of carbonyl (C=O) groups is 1. The van der Waals surface area contributed by atoms with E-state index in [0.717, 1.165) is 38.0 Å². The summed E-state index contributed by atoms with van der Waals surface area (Å²) in [5, 5.41) is 29.1. The highest BCUT2D eigenvalue weighted by Gasteiger charge is 2.34. The van der Waals surface area contributed by atoms with Crippen molar-refractivity contribution in [3.63, 3.8) is 0 Å². The molecular formula is C23H28ClN3O3. The summed E-state index contributed by atoms with van der Waals surface area (Å²) in [7, 11) is 1.92. The van der Waals surface area contributed by atoms with Crippen molar-refractivity contribution in [3.8, 4) is 6.07 Å². The number of rotatable bonds is 7. The number of piperidine rings is 1. The number of aromatic carboxylic acids is 1. The van der Waals surface area contributed by atoms with E-state index >= 15 is 0 Å². The third-order valence-electron chi connectivity index (χ3n) is 5.52. The molecule has 0 spiro atoms. The first kappa shape index (κ1) is 23.7. The Bertz CT molecular complexity index is 880. The fraction of sp³-hybridized carbons (Fsp3) is 0.391. The SMILES string of the molecule is CN(CC1(O)CCCN(CCc2ccc(C#N)cc2)C1)c1ccc(C(=O)O)cc1.Cl. The fourth-order valence-electron chi connectivity index (χ4n) is 3.95. The van der Waals surface area contributed by atoms with Gasteiger partial charge in [0, 0.05) is 32.4 Å². The zero-order chi connectivity index (χ0) is 20.9. The topological polar surface area (TPSA) is 87.8 Å². The molecule has 2 aromatic rings. The van der Waals surface area contributed by atoms with E-state index < -0.39 is 11.6 Å². The average molecular weight is 430 g/mol. The summed E-state index contributed by atoms with van der Waals surface area (Å²) in [4.78, 5) is 15.3. The van der Waals surface area contributed by atoms with Crippen LogP contribution < -0.4 is 4.90 Å². The number of nitrogens with zero attached hydrogens (tertiary/aromatic N) is 3. The molecular weight excluding hydrogens is 402 g/mol. The van der Waals surface area contributed by atoms with Gasteiger partial charge >= 0.3 is 5.97 Å². The molecule has 1 atom stereocenters. The van der Waals surface area contributed by atoms with Crippen LogP contribution in [0.2, 0.25) is 0 Å². The summed E-state index contributed by atoms with van der Waals surface area (Å²) >= 11 is 0. The lowest BCUT2D eigenvalue weighted by Crippen LogP contribution is -2.54. The van der Waals surface area contributed by atoms with E-state index in [0.29, 0.717) is 18.7 Å². The molecule has 1 aliphatic heterocycles. The molecule has 3 rings (SSSR count). The number of aliphatic hydroxyl groups is 1. The molecule has 2 aromatic carbocycles. The Balaban J connectivity index is 0.00000320. The van der Waals surface area contributed by atoms with Crippen molar-refractivity contribution in [1.29, 1.82) is 5.26 Å². The van der Waals surface area contributed by atoms with Gasteiger partial charge in [0.25, 0.3) is 0 Å². The second-order valence-electron chi connectivity index (χ2n) is 7.87. The van der Waals surface area contributed by atoms with Gasteiger partial charge in [-0.1, -0.05) is 12.1 Å². The van der Waals surface area contributed by atoms with Crippen molar-refractivity contribution >= 4 is 24.1 Å². The molecule has 0 radical (unpaired) electrons. The summed E-state index contributed by atoms with van der Waals surface area (Å²) in [6.07, 6.45) is 2.57. The lowest BCUT2D eigenvalue weighted by Gasteiger charge is -2.41. The number of carboxylic acid groups (broad SMARTS) is 1. The molecule has 0 aliphatic carbocycles. The number of halogens is 1. The molecule has 7 heteroatoms. The molecule has 1 fully saturated rings. The highest BCUT2D eigenvalue weighted by molar-refractivity contribution is 5.88. The highest BCUT2D eigenvalue weighted by Crippen LogP contribution is 2.25. The van der Waals surface area contributed by atoms with Gasteiger partial charge in [-0.3, -0.25) is 0 Å². The molecule has 0 aromatic heterocycles. The van der Waals surface area contributed by atoms with Crippen LogP contribution in [0.25, 0.3) is 0 Å². The quantitative estimate of drug-likeness (QED) is 0.702. The summed E-state index contributed by atoms with van der Waals surface area (Å²) < 4.78 is 0. The van der Waals surface area contributed by atoms with Gasteiger partial charge in [0.05, 0.1) is 22.8 Å². The van der Waals surface area contributed by atoms with Gasteiger partial charge in [0.1, 0.15) is 0 Å². The van der Waals surface area contributed by atoms with Crippen molar-refractivity contribution in [2.45, 2.75) is 24.9 Å². The molecule has 30 heavy (non-hydrogen) atoms. The summed E-state index contributed by atoms with van der Waals surface area (Å²) in [6, 6.07) is 16.5. The molecule has 6 nitrogen and oxygen atoms in total. The minimum atomic E-state index is -0.942. The van der Waals surface area contributed by atoms with Gasteiger partial charge < -0.3 is 20.0 Å². The largest absolute Gasteiger partial charge is 0.478 e. The number of hydrogen-bond acceptors (Lipinski definition) is 5. The van der Waals surface area contributed by atoms with Crippen LogP contribution in [-0.2, 0) is 6.42 Å². The Morgan fingerprint density at radius 1 is 1.20 bits per heavy atom. The van der Waals surface area contributed by atoms with Gasteiger partial charge in [0.2, 0.25) is 0 Å². The van der Waals surface area contributed by atoms with Gasteiger partial charge in [-0.15, -0.1) is 12.4 Å². The van der Waals surface area contributed by atoms with Crippen LogP contribution >= 0.6 is 12.4 Å². The van der Waals surface area contributed by atoms with E-state index in [4.69, 9.17) is 10.4 Å². The number of nitriles is 1. The molecule has 1 aliphatic rings. The van der Waals surface area contributed by atoms with Crippen LogP contribution in [0.4, 0.5) is 5.69 Å². The van der Waals surface area contributed by atoms with E-state index in [9.17, 15) is 9.90 Å². The Labute approximate surface area is 183 Å². The van der Waals surface area contributed by atoms with E-state index in [-0.39, 0.29) is 18.0 Å². The minimum Gasteiger partial charge on any atom is -0.478 e.